The quantitative estimate of drug-likeness (QED) is 0.119. The van der Waals surface area contributed by atoms with E-state index in [1.807, 2.05) is 48.5 Å². The Morgan fingerprint density at radius 2 is 1.21 bits per heavy atom. The van der Waals surface area contributed by atoms with Gasteiger partial charge in [-0.15, -0.1) is 5.56 Å². The van der Waals surface area contributed by atoms with Gasteiger partial charge in [0, 0.05) is 18.9 Å². The van der Waals surface area contributed by atoms with Gasteiger partial charge in [-0.25, -0.2) is 0 Å². The normalized spacial score (nSPS) is 12.0. The van der Waals surface area contributed by atoms with Crippen LogP contribution >= 0.6 is 0 Å². The van der Waals surface area contributed by atoms with Gasteiger partial charge in [-0.2, -0.15) is 30.3 Å². The molecule has 4 aromatic carbocycles. The number of methoxy groups -OCH3 is 1. The second-order valence-electron chi connectivity index (χ2n) is 10.5. The van der Waals surface area contributed by atoms with Gasteiger partial charge in [-0.3, -0.25) is 4.79 Å². The summed E-state index contributed by atoms with van der Waals surface area (Å²) in [6.07, 6.45) is 1.43. The van der Waals surface area contributed by atoms with E-state index in [0.717, 1.165) is 23.3 Å². The number of phenolic OH excluding ortho intramolecular Hbond substituents is 1. The first-order valence-electron chi connectivity index (χ1n) is 13.5. The fourth-order valence-corrected chi connectivity index (χ4v) is 4.75. The number of benzene rings is 4. The second kappa shape index (κ2) is 16.6. The molecule has 0 heterocycles. The van der Waals surface area contributed by atoms with Gasteiger partial charge < -0.3 is 19.7 Å². The number of hydrogen-bond acceptors (Lipinski definition) is 6. The number of carbonyl (C=O) groups excluding carboxylic acids is 1. The summed E-state index contributed by atoms with van der Waals surface area (Å²) in [7, 11) is 1.69. The first kappa shape index (κ1) is 34.4. The van der Waals surface area contributed by atoms with Gasteiger partial charge in [0.1, 0.15) is 17.2 Å². The molecule has 7 heteroatoms. The molecule has 2 N–H and O–H groups in total. The molecule has 0 aliphatic carbocycles. The molecular weight excluding hydrogens is 575 g/mol. The van der Waals surface area contributed by atoms with Gasteiger partial charge in [0.25, 0.3) is 0 Å². The van der Waals surface area contributed by atoms with Gasteiger partial charge in [0.15, 0.2) is 0 Å². The molecule has 42 heavy (non-hydrogen) atoms. The average molecular weight is 615 g/mol. The Kier molecular flexibility index (Phi) is 13.6. The molecule has 0 bridgehead atoms. The van der Waals surface area contributed by atoms with Crippen molar-refractivity contribution in [2.75, 3.05) is 13.7 Å². The zero-order valence-electron chi connectivity index (χ0n) is 24.7. The summed E-state index contributed by atoms with van der Waals surface area (Å²) >= 11 is 2.31. The maximum absolute atomic E-state index is 11.0. The molecule has 1 atom stereocenters. The summed E-state index contributed by atoms with van der Waals surface area (Å²) in [4.78, 5) is 11.0. The molecule has 6 nitrogen and oxygen atoms in total. The van der Waals surface area contributed by atoms with E-state index >= 15 is 0 Å². The SMILES string of the molecule is CC(=O)Oc1ccc(C(C)(CCCO)c2ccc(O)cc2)cc1.COc1ccc(C(C)(C)c2cc[c-]cc2)cc1.[O]=[Co]. The molecule has 0 fully saturated rings. The van der Waals surface area contributed by atoms with E-state index < -0.39 is 0 Å². The van der Waals surface area contributed by atoms with Crippen LogP contribution in [-0.4, -0.2) is 29.9 Å². The van der Waals surface area contributed by atoms with E-state index in [1.54, 1.807) is 31.4 Å². The third-order valence-electron chi connectivity index (χ3n) is 7.34. The van der Waals surface area contributed by atoms with Crippen LogP contribution in [0.15, 0.2) is 97.1 Å². The number of aromatic hydroxyl groups is 1. The number of esters is 1. The molecular formula is C35H39CoO6-. The number of hydrogen-bond donors (Lipinski definition) is 2. The Morgan fingerprint density at radius 1 is 0.762 bits per heavy atom. The summed E-state index contributed by atoms with van der Waals surface area (Å²) in [5, 5.41) is 18.7. The number of carbonyl (C=O) groups is 1. The van der Waals surface area contributed by atoms with E-state index in [1.165, 1.54) is 18.1 Å². The Bertz CT molecular complexity index is 1350. The van der Waals surface area contributed by atoms with Crippen LogP contribution in [0.2, 0.25) is 0 Å². The van der Waals surface area contributed by atoms with Crippen LogP contribution in [0.25, 0.3) is 0 Å². The van der Waals surface area contributed by atoms with E-state index in [0.29, 0.717) is 12.2 Å². The first-order valence-corrected chi connectivity index (χ1v) is 14.0. The van der Waals surface area contributed by atoms with Crippen LogP contribution in [0.3, 0.4) is 0 Å². The molecule has 0 aromatic heterocycles. The molecule has 4 rings (SSSR count). The first-order chi connectivity index (χ1) is 20.1. The van der Waals surface area contributed by atoms with E-state index in [9.17, 15) is 15.0 Å². The third kappa shape index (κ3) is 9.38. The third-order valence-corrected chi connectivity index (χ3v) is 7.34. The molecule has 0 saturated heterocycles. The molecule has 0 saturated carbocycles. The molecule has 4 aromatic rings. The molecule has 0 spiro atoms. The van der Waals surface area contributed by atoms with Gasteiger partial charge in [-0.1, -0.05) is 57.2 Å². The molecule has 1 unspecified atom stereocenters. The van der Waals surface area contributed by atoms with Crippen LogP contribution in [-0.2, 0) is 35.2 Å². The van der Waals surface area contributed by atoms with Gasteiger partial charge in [0.2, 0.25) is 0 Å². The van der Waals surface area contributed by atoms with Crippen molar-refractivity contribution in [3.8, 4) is 17.2 Å². The fourth-order valence-electron chi connectivity index (χ4n) is 4.75. The Balaban J connectivity index is 0.000000288. The number of aliphatic hydroxyl groups is 1. The van der Waals surface area contributed by atoms with Gasteiger partial charge in [-0.05, 0) is 71.3 Å². The monoisotopic (exact) mass is 614 g/mol. The van der Waals surface area contributed by atoms with Crippen LogP contribution < -0.4 is 9.47 Å². The van der Waals surface area contributed by atoms with E-state index in [-0.39, 0.29) is 29.2 Å². The molecule has 0 radical (unpaired) electrons. The van der Waals surface area contributed by atoms with Crippen molar-refractivity contribution in [1.29, 1.82) is 0 Å². The standard InChI is InChI=1S/C19H22O4.C16H17O.Co.O/c1-14(21)23-18-10-6-16(7-11-18)19(2,12-3-13-20)15-4-8-17(22)9-5-15;1-16(2,13-7-5-4-6-8-13)14-9-11-15(17-3)12-10-14;;/h4-11,20,22H,3,12-13H2,1-2H3;5-12H,1-3H3;;/q;-1;;. The predicted octanol–water partition coefficient (Wildman–Crippen LogP) is 7.10. The molecule has 0 aliphatic rings. The van der Waals surface area contributed by atoms with E-state index in [4.69, 9.17) is 13.3 Å². The Morgan fingerprint density at radius 3 is 1.69 bits per heavy atom. The van der Waals surface area contributed by atoms with Crippen molar-refractivity contribution in [2.24, 2.45) is 0 Å². The van der Waals surface area contributed by atoms with Crippen LogP contribution in [0.4, 0.5) is 0 Å². The minimum absolute atomic E-state index is 0.00136. The van der Waals surface area contributed by atoms with Crippen molar-refractivity contribution in [3.05, 3.63) is 125 Å². The van der Waals surface area contributed by atoms with E-state index in [2.05, 4.69) is 66.8 Å². The van der Waals surface area contributed by atoms with Gasteiger partial charge in [0.05, 0.1) is 7.11 Å². The van der Waals surface area contributed by atoms with Crippen molar-refractivity contribution in [3.63, 3.8) is 0 Å². The zero-order valence-corrected chi connectivity index (χ0v) is 25.8. The number of rotatable bonds is 9. The summed E-state index contributed by atoms with van der Waals surface area (Å²) in [5.41, 5.74) is 4.40. The minimum atomic E-state index is -0.348. The summed E-state index contributed by atoms with van der Waals surface area (Å²) in [6.45, 7) is 8.05. The van der Waals surface area contributed by atoms with Crippen molar-refractivity contribution in [1.82, 2.24) is 0 Å². The van der Waals surface area contributed by atoms with Crippen LogP contribution in [0.1, 0.15) is 62.8 Å². The number of phenols is 1. The molecule has 0 aliphatic heterocycles. The predicted molar refractivity (Wildman–Crippen MR) is 160 cm³/mol. The van der Waals surface area contributed by atoms with Crippen LogP contribution in [0, 0.1) is 6.07 Å². The Hall–Kier alpha value is -3.78. The number of aliphatic hydroxyl groups excluding tert-OH is 1. The topological polar surface area (TPSA) is 93.1 Å². The summed E-state index contributed by atoms with van der Waals surface area (Å²) in [6, 6.07) is 34.0. The van der Waals surface area contributed by atoms with Crippen molar-refractivity contribution in [2.45, 2.75) is 51.4 Å². The van der Waals surface area contributed by atoms with Crippen molar-refractivity contribution >= 4 is 5.97 Å². The zero-order chi connectivity index (χ0) is 31.2. The van der Waals surface area contributed by atoms with Crippen LogP contribution in [0.5, 0.6) is 17.2 Å². The fraction of sp³-hybridized carbons (Fsp3) is 0.286. The molecule has 225 valence electrons. The Labute approximate surface area is 257 Å². The summed E-state index contributed by atoms with van der Waals surface area (Å²) in [5.74, 6) is 1.28. The molecule has 0 amide bonds. The maximum atomic E-state index is 11.0. The summed E-state index contributed by atoms with van der Waals surface area (Å²) < 4.78 is 18.2. The average Bonchev–Trinajstić information content (AvgIpc) is 3.02. The number of ether oxygens (including phenoxy) is 2. The second-order valence-corrected chi connectivity index (χ2v) is 10.5. The van der Waals surface area contributed by atoms with Crippen molar-refractivity contribution < 1.29 is 44.0 Å². The van der Waals surface area contributed by atoms with Gasteiger partial charge >= 0.3 is 25.5 Å².